The van der Waals surface area contributed by atoms with E-state index in [1.807, 2.05) is 6.92 Å². The lowest BCUT2D eigenvalue weighted by molar-refractivity contribution is 0.0792. The number of anilines is 2. The van der Waals surface area contributed by atoms with Gasteiger partial charge in [0.1, 0.15) is 0 Å². The van der Waals surface area contributed by atoms with Gasteiger partial charge < -0.3 is 15.0 Å². The summed E-state index contributed by atoms with van der Waals surface area (Å²) < 4.78 is 8.43. The van der Waals surface area contributed by atoms with Crippen LogP contribution in [0.1, 0.15) is 37.0 Å². The molecule has 29 heavy (non-hydrogen) atoms. The van der Waals surface area contributed by atoms with Crippen molar-refractivity contribution in [1.29, 1.82) is 0 Å². The van der Waals surface area contributed by atoms with E-state index in [9.17, 15) is 9.59 Å². The van der Waals surface area contributed by atoms with Crippen LogP contribution in [0.25, 0.3) is 5.65 Å². The molecule has 9 nitrogen and oxygen atoms in total. The Hall–Kier alpha value is -3.36. The molecule has 0 spiro atoms. The Morgan fingerprint density at radius 3 is 2.83 bits per heavy atom. The first kappa shape index (κ1) is 20.4. The second-order valence-electron chi connectivity index (χ2n) is 6.76. The number of nitrogens with one attached hydrogen (secondary N) is 1. The first-order valence-corrected chi connectivity index (χ1v) is 9.65. The number of aromatic nitrogens is 4. The Kier molecular flexibility index (Phi) is 6.16. The number of rotatable bonds is 8. The maximum Gasteiger partial charge on any atom is 0.350 e. The fourth-order valence-electron chi connectivity index (χ4n) is 2.93. The minimum atomic E-state index is -0.213. The summed E-state index contributed by atoms with van der Waals surface area (Å²) in [6.45, 7) is 5.10. The summed E-state index contributed by atoms with van der Waals surface area (Å²) in [5, 5.41) is 7.36. The molecule has 154 valence electrons. The van der Waals surface area contributed by atoms with Crippen LogP contribution < -0.4 is 15.7 Å². The van der Waals surface area contributed by atoms with Crippen molar-refractivity contribution in [3.05, 3.63) is 46.6 Å². The molecule has 0 saturated heterocycles. The summed E-state index contributed by atoms with van der Waals surface area (Å²) in [7, 11) is 3.39. The zero-order chi connectivity index (χ0) is 21.0. The molecule has 3 aromatic heterocycles. The third kappa shape index (κ3) is 4.39. The summed E-state index contributed by atoms with van der Waals surface area (Å²) >= 11 is 0. The molecule has 3 heterocycles. The van der Waals surface area contributed by atoms with Crippen LogP contribution >= 0.6 is 0 Å². The van der Waals surface area contributed by atoms with Crippen molar-refractivity contribution >= 4 is 23.1 Å². The lowest BCUT2D eigenvalue weighted by atomic mass is 10.2. The molecule has 1 amide bonds. The van der Waals surface area contributed by atoms with Gasteiger partial charge in [0.25, 0.3) is 5.91 Å². The van der Waals surface area contributed by atoms with Gasteiger partial charge in [0.2, 0.25) is 0 Å². The van der Waals surface area contributed by atoms with E-state index in [-0.39, 0.29) is 11.6 Å². The van der Waals surface area contributed by atoms with E-state index in [1.54, 1.807) is 49.6 Å². The summed E-state index contributed by atoms with van der Waals surface area (Å²) in [6.07, 6.45) is 5.16. The number of hydrogen-bond donors (Lipinski definition) is 1. The zero-order valence-electron chi connectivity index (χ0n) is 17.2. The predicted octanol–water partition coefficient (Wildman–Crippen LogP) is 2.44. The lowest BCUT2D eigenvalue weighted by Crippen LogP contribution is -2.27. The number of aryl methyl sites for hydroxylation is 1. The minimum absolute atomic E-state index is 0.0901. The van der Waals surface area contributed by atoms with Gasteiger partial charge in [0.15, 0.2) is 17.2 Å². The molecule has 9 heteroatoms. The quantitative estimate of drug-likeness (QED) is 0.626. The molecule has 0 fully saturated rings. The molecule has 0 aliphatic carbocycles. The van der Waals surface area contributed by atoms with Crippen molar-refractivity contribution in [2.24, 2.45) is 7.05 Å². The standard InChI is InChI=1S/C20H26N6O3/c1-5-7-9-24(3)19(27)14-11-16(29-6-2)18(21-13-14)22-15-8-10-26-17(12-15)23-25(4)20(26)28/h8,10-13H,5-7,9H2,1-4H3,(H,21,22). The molecule has 0 unspecified atom stereocenters. The number of nitrogens with zero attached hydrogens (tertiary/aromatic N) is 5. The molecule has 0 radical (unpaired) electrons. The van der Waals surface area contributed by atoms with E-state index in [0.29, 0.717) is 41.6 Å². The molecule has 0 atom stereocenters. The summed E-state index contributed by atoms with van der Waals surface area (Å²) in [5.74, 6) is 0.885. The largest absolute Gasteiger partial charge is 0.490 e. The van der Waals surface area contributed by atoms with Gasteiger partial charge in [0.05, 0.1) is 12.2 Å². The number of pyridine rings is 2. The van der Waals surface area contributed by atoms with Crippen LogP contribution in [-0.2, 0) is 7.05 Å². The van der Waals surface area contributed by atoms with Crippen LogP contribution in [0.2, 0.25) is 0 Å². The highest BCUT2D eigenvalue weighted by atomic mass is 16.5. The number of carbonyl (C=O) groups excluding carboxylic acids is 1. The smallest absolute Gasteiger partial charge is 0.350 e. The van der Waals surface area contributed by atoms with E-state index in [0.717, 1.165) is 12.8 Å². The van der Waals surface area contributed by atoms with Crippen LogP contribution in [0, 0.1) is 0 Å². The number of unbranched alkanes of at least 4 members (excludes halogenated alkanes) is 1. The fraction of sp³-hybridized carbons (Fsp3) is 0.400. The number of ether oxygens (including phenoxy) is 1. The van der Waals surface area contributed by atoms with Crippen LogP contribution in [0.4, 0.5) is 11.5 Å². The summed E-state index contributed by atoms with van der Waals surface area (Å²) in [5.41, 5.74) is 1.49. The molecule has 0 bridgehead atoms. The molecular weight excluding hydrogens is 372 g/mol. The molecule has 1 N–H and O–H groups in total. The zero-order valence-corrected chi connectivity index (χ0v) is 17.2. The van der Waals surface area contributed by atoms with Gasteiger partial charge in [-0.1, -0.05) is 13.3 Å². The van der Waals surface area contributed by atoms with Crippen molar-refractivity contribution in [2.45, 2.75) is 26.7 Å². The molecule has 0 aliphatic rings. The van der Waals surface area contributed by atoms with Gasteiger partial charge in [-0.3, -0.25) is 9.20 Å². The van der Waals surface area contributed by atoms with Crippen molar-refractivity contribution in [3.63, 3.8) is 0 Å². The SMILES string of the molecule is CCCCN(C)C(=O)c1cnc(Nc2ccn3c(=O)n(C)nc3c2)c(OCC)c1. The van der Waals surface area contributed by atoms with Gasteiger partial charge in [0, 0.05) is 44.8 Å². The Morgan fingerprint density at radius 2 is 2.10 bits per heavy atom. The molecule has 0 aromatic carbocycles. The molecule has 3 rings (SSSR count). The van der Waals surface area contributed by atoms with E-state index in [4.69, 9.17) is 4.74 Å². The van der Waals surface area contributed by atoms with Gasteiger partial charge >= 0.3 is 5.69 Å². The van der Waals surface area contributed by atoms with Gasteiger partial charge in [-0.05, 0) is 25.5 Å². The van der Waals surface area contributed by atoms with E-state index < -0.39 is 0 Å². The van der Waals surface area contributed by atoms with Gasteiger partial charge in [-0.2, -0.15) is 5.10 Å². The Labute approximate surface area is 168 Å². The Balaban J connectivity index is 1.87. The second kappa shape index (κ2) is 8.76. The van der Waals surface area contributed by atoms with E-state index in [1.165, 1.54) is 9.08 Å². The Morgan fingerprint density at radius 1 is 1.31 bits per heavy atom. The van der Waals surface area contributed by atoms with Gasteiger partial charge in [-0.25, -0.2) is 14.5 Å². The third-order valence-corrected chi connectivity index (χ3v) is 4.53. The maximum atomic E-state index is 12.6. The maximum absolute atomic E-state index is 12.6. The highest BCUT2D eigenvalue weighted by Crippen LogP contribution is 2.27. The summed E-state index contributed by atoms with van der Waals surface area (Å²) in [4.78, 5) is 30.7. The van der Waals surface area contributed by atoms with E-state index >= 15 is 0 Å². The number of hydrogen-bond acceptors (Lipinski definition) is 6. The van der Waals surface area contributed by atoms with Crippen LogP contribution in [0.3, 0.4) is 0 Å². The van der Waals surface area contributed by atoms with E-state index in [2.05, 4.69) is 22.3 Å². The molecular formula is C20H26N6O3. The second-order valence-corrected chi connectivity index (χ2v) is 6.76. The molecule has 0 aliphatic heterocycles. The van der Waals surface area contributed by atoms with Crippen LogP contribution in [-0.4, -0.2) is 50.2 Å². The van der Waals surface area contributed by atoms with Crippen LogP contribution in [0.5, 0.6) is 5.75 Å². The molecule has 0 saturated carbocycles. The number of carbonyl (C=O) groups is 1. The number of fused-ring (bicyclic) bond motifs is 1. The third-order valence-electron chi connectivity index (χ3n) is 4.53. The fourth-order valence-corrected chi connectivity index (χ4v) is 2.93. The monoisotopic (exact) mass is 398 g/mol. The average Bonchev–Trinajstić information content (AvgIpc) is 3.00. The Bertz CT molecular complexity index is 1070. The lowest BCUT2D eigenvalue weighted by Gasteiger charge is -2.18. The highest BCUT2D eigenvalue weighted by molar-refractivity contribution is 5.94. The van der Waals surface area contributed by atoms with Crippen molar-refractivity contribution in [2.75, 3.05) is 25.5 Å². The topological polar surface area (TPSA) is 93.8 Å². The number of amides is 1. The van der Waals surface area contributed by atoms with Crippen molar-refractivity contribution < 1.29 is 9.53 Å². The summed E-state index contributed by atoms with van der Waals surface area (Å²) in [6, 6.07) is 5.20. The molecule has 3 aromatic rings. The van der Waals surface area contributed by atoms with Crippen molar-refractivity contribution in [3.8, 4) is 5.75 Å². The average molecular weight is 398 g/mol. The van der Waals surface area contributed by atoms with Crippen molar-refractivity contribution in [1.82, 2.24) is 24.1 Å². The predicted molar refractivity (Wildman–Crippen MR) is 111 cm³/mol. The van der Waals surface area contributed by atoms with Gasteiger partial charge in [-0.15, -0.1) is 0 Å². The normalized spacial score (nSPS) is 10.9. The highest BCUT2D eigenvalue weighted by Gasteiger charge is 2.16. The first-order valence-electron chi connectivity index (χ1n) is 9.65. The first-order chi connectivity index (χ1) is 13.9. The minimum Gasteiger partial charge on any atom is -0.490 e. The van der Waals surface area contributed by atoms with Crippen LogP contribution in [0.15, 0.2) is 35.4 Å².